The zero-order valence-electron chi connectivity index (χ0n) is 18.0. The second-order valence-electron chi connectivity index (χ2n) is 7.90. The minimum absolute atomic E-state index is 0.111. The van der Waals surface area contributed by atoms with Gasteiger partial charge in [-0.2, -0.15) is 0 Å². The lowest BCUT2D eigenvalue weighted by Gasteiger charge is -2.51. The fourth-order valence-corrected chi connectivity index (χ4v) is 4.46. The topological polar surface area (TPSA) is 49.9 Å². The van der Waals surface area contributed by atoms with Gasteiger partial charge in [0, 0.05) is 23.9 Å². The van der Waals surface area contributed by atoms with Crippen molar-refractivity contribution in [2.24, 2.45) is 0 Å². The Morgan fingerprint density at radius 3 is 2.23 bits per heavy atom. The number of amides is 2. The molecule has 1 unspecified atom stereocenters. The molecule has 1 aliphatic heterocycles. The van der Waals surface area contributed by atoms with Gasteiger partial charge < -0.3 is 4.74 Å². The van der Waals surface area contributed by atoms with E-state index >= 15 is 0 Å². The Balaban J connectivity index is 1.87. The fourth-order valence-electron chi connectivity index (χ4n) is 4.46. The van der Waals surface area contributed by atoms with Gasteiger partial charge in [-0.3, -0.25) is 19.4 Å². The van der Waals surface area contributed by atoms with Crippen LogP contribution in [0.4, 0.5) is 11.4 Å². The molecule has 1 aliphatic rings. The number of methoxy groups -OCH3 is 1. The first-order chi connectivity index (χ1) is 15.0. The van der Waals surface area contributed by atoms with Crippen LogP contribution in [0.1, 0.15) is 36.2 Å². The van der Waals surface area contributed by atoms with Crippen molar-refractivity contribution in [1.29, 1.82) is 0 Å². The molecule has 31 heavy (non-hydrogen) atoms. The van der Waals surface area contributed by atoms with Gasteiger partial charge in [-0.1, -0.05) is 36.4 Å². The molecular formula is C26H26N2O3. The Morgan fingerprint density at radius 1 is 0.935 bits per heavy atom. The molecule has 0 aromatic heterocycles. The van der Waals surface area contributed by atoms with Crippen LogP contribution < -0.4 is 14.5 Å². The van der Waals surface area contributed by atoms with E-state index < -0.39 is 5.66 Å². The number of aryl methyl sites for hydroxylation is 1. The summed E-state index contributed by atoms with van der Waals surface area (Å²) in [6.45, 7) is 3.52. The van der Waals surface area contributed by atoms with E-state index in [0.717, 1.165) is 23.4 Å². The molecule has 0 bridgehead atoms. The van der Waals surface area contributed by atoms with Crippen molar-refractivity contribution in [1.82, 2.24) is 0 Å². The highest BCUT2D eigenvalue weighted by molar-refractivity contribution is 6.09. The highest BCUT2D eigenvalue weighted by atomic mass is 16.5. The van der Waals surface area contributed by atoms with Gasteiger partial charge in [-0.15, -0.1) is 0 Å². The molecule has 3 aromatic rings. The third-order valence-corrected chi connectivity index (χ3v) is 5.93. The number of para-hydroxylation sites is 2. The summed E-state index contributed by atoms with van der Waals surface area (Å²) in [6, 6.07) is 24.5. The minimum atomic E-state index is -0.863. The molecule has 5 nitrogen and oxygen atoms in total. The molecular weight excluding hydrogens is 388 g/mol. The number of benzene rings is 3. The van der Waals surface area contributed by atoms with E-state index in [1.165, 1.54) is 0 Å². The van der Waals surface area contributed by atoms with E-state index in [0.29, 0.717) is 17.7 Å². The molecule has 0 spiro atoms. The number of carbonyl (C=O) groups is 2. The predicted molar refractivity (Wildman–Crippen MR) is 123 cm³/mol. The molecule has 0 radical (unpaired) electrons. The first kappa shape index (κ1) is 20.7. The highest BCUT2D eigenvalue weighted by Crippen LogP contribution is 2.42. The molecule has 5 heteroatoms. The maximum Gasteiger partial charge on any atom is 0.260 e. The SMILES string of the molecule is COc1ccc(C(=O)N2c3ccccc3CCC2(C)N(C(C)=O)c2ccccc2)cc1. The second-order valence-corrected chi connectivity index (χ2v) is 7.90. The summed E-state index contributed by atoms with van der Waals surface area (Å²) in [5, 5.41) is 0. The molecule has 0 saturated carbocycles. The van der Waals surface area contributed by atoms with Crippen LogP contribution in [0, 0.1) is 0 Å². The van der Waals surface area contributed by atoms with Crippen molar-refractivity contribution < 1.29 is 14.3 Å². The van der Waals surface area contributed by atoms with E-state index in [4.69, 9.17) is 4.74 Å². The van der Waals surface area contributed by atoms with Crippen molar-refractivity contribution in [2.45, 2.75) is 32.4 Å². The first-order valence-electron chi connectivity index (χ1n) is 10.4. The van der Waals surface area contributed by atoms with Crippen LogP contribution in [0.25, 0.3) is 0 Å². The van der Waals surface area contributed by atoms with E-state index in [-0.39, 0.29) is 11.8 Å². The normalized spacial score (nSPS) is 17.6. The molecule has 0 aliphatic carbocycles. The average Bonchev–Trinajstić information content (AvgIpc) is 2.79. The monoisotopic (exact) mass is 414 g/mol. The number of fused-ring (bicyclic) bond motifs is 1. The Morgan fingerprint density at radius 2 is 1.58 bits per heavy atom. The predicted octanol–water partition coefficient (Wildman–Crippen LogP) is 5.06. The molecule has 4 rings (SSSR count). The van der Waals surface area contributed by atoms with E-state index in [2.05, 4.69) is 0 Å². The van der Waals surface area contributed by atoms with Crippen LogP contribution in [-0.2, 0) is 11.2 Å². The number of carbonyl (C=O) groups excluding carboxylic acids is 2. The van der Waals surface area contributed by atoms with Gasteiger partial charge in [0.2, 0.25) is 5.91 Å². The van der Waals surface area contributed by atoms with Crippen LogP contribution in [-0.4, -0.2) is 24.6 Å². The summed E-state index contributed by atoms with van der Waals surface area (Å²) < 4.78 is 5.24. The Hall–Kier alpha value is -3.60. The molecule has 158 valence electrons. The zero-order valence-corrected chi connectivity index (χ0v) is 18.0. The standard InChI is InChI=1S/C26H26N2O3/c1-19(29)27(22-10-5-4-6-11-22)26(2)18-17-20-9-7-8-12-24(20)28(26)25(30)21-13-15-23(31-3)16-14-21/h4-16H,17-18H2,1-3H3. The number of nitrogens with zero attached hydrogens (tertiary/aromatic N) is 2. The lowest BCUT2D eigenvalue weighted by atomic mass is 9.89. The molecule has 0 fully saturated rings. The number of ether oxygens (including phenoxy) is 1. The molecule has 2 amide bonds. The van der Waals surface area contributed by atoms with Gasteiger partial charge in [0.1, 0.15) is 11.4 Å². The largest absolute Gasteiger partial charge is 0.497 e. The average molecular weight is 415 g/mol. The van der Waals surface area contributed by atoms with Crippen LogP contribution in [0.5, 0.6) is 5.75 Å². The summed E-state index contributed by atoms with van der Waals surface area (Å²) in [7, 11) is 1.60. The summed E-state index contributed by atoms with van der Waals surface area (Å²) in [5.41, 5.74) is 2.38. The second kappa shape index (κ2) is 8.26. The Bertz CT molecular complexity index is 1100. The van der Waals surface area contributed by atoms with Gasteiger partial charge >= 0.3 is 0 Å². The van der Waals surface area contributed by atoms with Crippen LogP contribution in [0.15, 0.2) is 78.9 Å². The molecule has 1 atom stereocenters. The summed E-state index contributed by atoms with van der Waals surface area (Å²) >= 11 is 0. The molecule has 3 aromatic carbocycles. The van der Waals surface area contributed by atoms with Gasteiger partial charge in [0.05, 0.1) is 7.11 Å². The van der Waals surface area contributed by atoms with Gasteiger partial charge in [0.25, 0.3) is 5.91 Å². The quantitative estimate of drug-likeness (QED) is 0.600. The van der Waals surface area contributed by atoms with E-state index in [9.17, 15) is 9.59 Å². The number of hydrogen-bond donors (Lipinski definition) is 0. The summed E-state index contributed by atoms with van der Waals surface area (Å²) in [5.74, 6) is 0.424. The maximum absolute atomic E-state index is 13.9. The van der Waals surface area contributed by atoms with Crippen LogP contribution >= 0.6 is 0 Å². The molecule has 1 heterocycles. The van der Waals surface area contributed by atoms with Crippen LogP contribution in [0.3, 0.4) is 0 Å². The van der Waals surface area contributed by atoms with Crippen LogP contribution in [0.2, 0.25) is 0 Å². The lowest BCUT2D eigenvalue weighted by Crippen LogP contribution is -2.64. The Labute approximate surface area is 182 Å². The minimum Gasteiger partial charge on any atom is -0.497 e. The summed E-state index contributed by atoms with van der Waals surface area (Å²) in [4.78, 5) is 30.3. The Kier molecular flexibility index (Phi) is 5.51. The highest BCUT2D eigenvalue weighted by Gasteiger charge is 2.46. The van der Waals surface area contributed by atoms with E-state index in [1.54, 1.807) is 48.1 Å². The van der Waals surface area contributed by atoms with Crippen molar-refractivity contribution >= 4 is 23.2 Å². The summed E-state index contributed by atoms with van der Waals surface area (Å²) in [6.07, 6.45) is 1.40. The first-order valence-corrected chi connectivity index (χ1v) is 10.4. The third kappa shape index (κ3) is 3.67. The zero-order chi connectivity index (χ0) is 22.0. The number of hydrogen-bond acceptors (Lipinski definition) is 3. The van der Waals surface area contributed by atoms with Gasteiger partial charge in [0.15, 0.2) is 0 Å². The fraction of sp³-hybridized carbons (Fsp3) is 0.231. The van der Waals surface area contributed by atoms with E-state index in [1.807, 2.05) is 61.5 Å². The number of anilines is 2. The maximum atomic E-state index is 13.9. The van der Waals surface area contributed by atoms with Gasteiger partial charge in [-0.05, 0) is 67.8 Å². The van der Waals surface area contributed by atoms with Crippen molar-refractivity contribution in [3.63, 3.8) is 0 Å². The molecule has 0 saturated heterocycles. The smallest absolute Gasteiger partial charge is 0.260 e. The lowest BCUT2D eigenvalue weighted by molar-refractivity contribution is -0.117. The van der Waals surface area contributed by atoms with Crippen molar-refractivity contribution in [2.75, 3.05) is 16.9 Å². The number of rotatable bonds is 4. The third-order valence-electron chi connectivity index (χ3n) is 5.93. The van der Waals surface area contributed by atoms with Crippen molar-refractivity contribution in [3.8, 4) is 5.75 Å². The molecule has 0 N–H and O–H groups in total. The van der Waals surface area contributed by atoms with Gasteiger partial charge in [-0.25, -0.2) is 0 Å². The van der Waals surface area contributed by atoms with Crippen molar-refractivity contribution in [3.05, 3.63) is 90.0 Å².